The van der Waals surface area contributed by atoms with Crippen LogP contribution in [0.15, 0.2) is 0 Å². The van der Waals surface area contributed by atoms with E-state index in [2.05, 4.69) is 0 Å². The average molecular weight is 144 g/mol. The predicted octanol–water partition coefficient (Wildman–Crippen LogP) is 0.886. The van der Waals surface area contributed by atoms with Crippen LogP contribution in [0.25, 0.3) is 0 Å². The lowest BCUT2D eigenvalue weighted by Gasteiger charge is -2.25. The van der Waals surface area contributed by atoms with Gasteiger partial charge >= 0.3 is 5.97 Å². The number of carbonyl (C=O) groups is 1. The van der Waals surface area contributed by atoms with Gasteiger partial charge in [-0.1, -0.05) is 0 Å². The molecule has 0 aliphatic carbocycles. The molecule has 1 aliphatic rings. The third-order valence-electron chi connectivity index (χ3n) is 1.92. The summed E-state index contributed by atoms with van der Waals surface area (Å²) in [5.74, 6) is -1.01. The lowest BCUT2D eigenvalue weighted by atomic mass is 9.96. The Morgan fingerprint density at radius 2 is 2.40 bits per heavy atom. The molecule has 1 aliphatic heterocycles. The van der Waals surface area contributed by atoms with Crippen LogP contribution in [0.3, 0.4) is 0 Å². The minimum atomic E-state index is -0.729. The van der Waals surface area contributed by atoms with Crippen LogP contribution in [0, 0.1) is 5.92 Å². The van der Waals surface area contributed by atoms with Gasteiger partial charge in [-0.25, -0.2) is 0 Å². The SMILES string of the molecule is C[C@H]1OCCC[C@H]1C(=O)O. The Bertz CT molecular complexity index is 133. The van der Waals surface area contributed by atoms with Crippen LogP contribution in [0.2, 0.25) is 0 Å². The van der Waals surface area contributed by atoms with Crippen molar-refractivity contribution in [3.8, 4) is 0 Å². The minimum Gasteiger partial charge on any atom is -0.481 e. The van der Waals surface area contributed by atoms with E-state index < -0.39 is 5.97 Å². The third-order valence-corrected chi connectivity index (χ3v) is 1.92. The van der Waals surface area contributed by atoms with Crippen molar-refractivity contribution >= 4 is 5.97 Å². The van der Waals surface area contributed by atoms with Gasteiger partial charge in [-0.05, 0) is 19.8 Å². The Morgan fingerprint density at radius 1 is 1.70 bits per heavy atom. The topological polar surface area (TPSA) is 46.5 Å². The van der Waals surface area contributed by atoms with Gasteiger partial charge in [-0.2, -0.15) is 0 Å². The number of ether oxygens (including phenoxy) is 1. The second-order valence-electron chi connectivity index (χ2n) is 2.66. The van der Waals surface area contributed by atoms with E-state index in [0.29, 0.717) is 6.61 Å². The van der Waals surface area contributed by atoms with Crippen molar-refractivity contribution < 1.29 is 14.6 Å². The lowest BCUT2D eigenvalue weighted by Crippen LogP contribution is -2.32. The molecule has 1 saturated heterocycles. The molecule has 10 heavy (non-hydrogen) atoms. The Labute approximate surface area is 60.0 Å². The van der Waals surface area contributed by atoms with Crippen LogP contribution < -0.4 is 0 Å². The molecule has 0 radical (unpaired) electrons. The predicted molar refractivity (Wildman–Crippen MR) is 35.8 cm³/mol. The fourth-order valence-corrected chi connectivity index (χ4v) is 1.25. The maximum absolute atomic E-state index is 10.5. The highest BCUT2D eigenvalue weighted by atomic mass is 16.5. The van der Waals surface area contributed by atoms with Crippen molar-refractivity contribution in [2.75, 3.05) is 6.61 Å². The number of hydrogen-bond acceptors (Lipinski definition) is 2. The first-order valence-corrected chi connectivity index (χ1v) is 3.56. The minimum absolute atomic E-state index is 0.105. The normalized spacial score (nSPS) is 33.7. The number of carboxylic acids is 1. The molecular formula is C7H12O3. The quantitative estimate of drug-likeness (QED) is 0.594. The maximum Gasteiger partial charge on any atom is 0.309 e. The van der Waals surface area contributed by atoms with E-state index in [1.165, 1.54) is 0 Å². The van der Waals surface area contributed by atoms with Crippen molar-refractivity contribution in [2.24, 2.45) is 5.92 Å². The second-order valence-corrected chi connectivity index (χ2v) is 2.66. The summed E-state index contributed by atoms with van der Waals surface area (Å²) in [4.78, 5) is 10.5. The molecule has 0 saturated carbocycles. The van der Waals surface area contributed by atoms with Gasteiger partial charge in [-0.15, -0.1) is 0 Å². The molecule has 58 valence electrons. The van der Waals surface area contributed by atoms with Crippen LogP contribution in [0.1, 0.15) is 19.8 Å². The summed E-state index contributed by atoms with van der Waals surface area (Å²) in [6, 6.07) is 0. The van der Waals surface area contributed by atoms with Gasteiger partial charge in [-0.3, -0.25) is 4.79 Å². The summed E-state index contributed by atoms with van der Waals surface area (Å²) in [5.41, 5.74) is 0. The van der Waals surface area contributed by atoms with Crippen molar-refractivity contribution in [1.82, 2.24) is 0 Å². The van der Waals surface area contributed by atoms with Crippen LogP contribution in [-0.2, 0) is 9.53 Å². The smallest absolute Gasteiger partial charge is 0.309 e. The molecule has 2 atom stereocenters. The van der Waals surface area contributed by atoms with Crippen LogP contribution in [0.4, 0.5) is 0 Å². The summed E-state index contributed by atoms with van der Waals surface area (Å²) in [5, 5.41) is 8.63. The van der Waals surface area contributed by atoms with Crippen molar-refractivity contribution in [3.05, 3.63) is 0 Å². The van der Waals surface area contributed by atoms with Gasteiger partial charge < -0.3 is 9.84 Å². The Morgan fingerprint density at radius 3 is 2.80 bits per heavy atom. The first-order chi connectivity index (χ1) is 4.72. The van der Waals surface area contributed by atoms with Crippen molar-refractivity contribution in [2.45, 2.75) is 25.9 Å². The zero-order chi connectivity index (χ0) is 7.56. The molecule has 3 nitrogen and oxygen atoms in total. The monoisotopic (exact) mass is 144 g/mol. The zero-order valence-electron chi connectivity index (χ0n) is 6.04. The molecule has 0 bridgehead atoms. The molecule has 0 amide bonds. The van der Waals surface area contributed by atoms with E-state index in [-0.39, 0.29) is 12.0 Å². The highest BCUT2D eigenvalue weighted by molar-refractivity contribution is 5.70. The van der Waals surface area contributed by atoms with Gasteiger partial charge in [0.15, 0.2) is 0 Å². The van der Waals surface area contributed by atoms with Crippen LogP contribution in [-0.4, -0.2) is 23.8 Å². The molecular weight excluding hydrogens is 132 g/mol. The van der Waals surface area contributed by atoms with E-state index in [1.54, 1.807) is 0 Å². The molecule has 1 fully saturated rings. The molecule has 3 heteroatoms. The lowest BCUT2D eigenvalue weighted by molar-refractivity contribution is -0.150. The first-order valence-electron chi connectivity index (χ1n) is 3.56. The fraction of sp³-hybridized carbons (Fsp3) is 0.857. The largest absolute Gasteiger partial charge is 0.481 e. The van der Waals surface area contributed by atoms with Crippen molar-refractivity contribution in [1.29, 1.82) is 0 Å². The first kappa shape index (κ1) is 7.54. The maximum atomic E-state index is 10.5. The van der Waals surface area contributed by atoms with E-state index in [1.807, 2.05) is 6.92 Å². The van der Waals surface area contributed by atoms with Crippen LogP contribution >= 0.6 is 0 Å². The summed E-state index contributed by atoms with van der Waals surface area (Å²) in [7, 11) is 0. The average Bonchev–Trinajstić information content (AvgIpc) is 1.88. The highest BCUT2D eigenvalue weighted by Crippen LogP contribution is 2.19. The Hall–Kier alpha value is -0.570. The Kier molecular flexibility index (Phi) is 2.27. The van der Waals surface area contributed by atoms with Crippen LogP contribution in [0.5, 0.6) is 0 Å². The third kappa shape index (κ3) is 1.48. The van der Waals surface area contributed by atoms with Gasteiger partial charge in [0.25, 0.3) is 0 Å². The molecule has 0 unspecified atom stereocenters. The summed E-state index contributed by atoms with van der Waals surface area (Å²) >= 11 is 0. The van der Waals surface area contributed by atoms with Gasteiger partial charge in [0.2, 0.25) is 0 Å². The molecule has 1 rings (SSSR count). The number of hydrogen-bond donors (Lipinski definition) is 1. The van der Waals surface area contributed by atoms with E-state index in [0.717, 1.165) is 12.8 Å². The highest BCUT2D eigenvalue weighted by Gasteiger charge is 2.27. The van der Waals surface area contributed by atoms with Crippen molar-refractivity contribution in [3.63, 3.8) is 0 Å². The molecule has 0 aromatic carbocycles. The second kappa shape index (κ2) is 3.01. The van der Waals surface area contributed by atoms with Gasteiger partial charge in [0.1, 0.15) is 0 Å². The van der Waals surface area contributed by atoms with E-state index in [9.17, 15) is 4.79 Å². The van der Waals surface area contributed by atoms with E-state index in [4.69, 9.17) is 9.84 Å². The Balaban J connectivity index is 2.47. The number of carboxylic acid groups (broad SMARTS) is 1. The van der Waals surface area contributed by atoms with Gasteiger partial charge in [0, 0.05) is 6.61 Å². The van der Waals surface area contributed by atoms with E-state index >= 15 is 0 Å². The fourth-order valence-electron chi connectivity index (χ4n) is 1.25. The molecule has 1 heterocycles. The molecule has 0 aromatic rings. The summed E-state index contributed by atoms with van der Waals surface area (Å²) in [6.07, 6.45) is 1.53. The standard InChI is InChI=1S/C7H12O3/c1-5-6(7(8)9)3-2-4-10-5/h5-6H,2-4H2,1H3,(H,8,9)/t5-,6-/m1/s1. The summed E-state index contributed by atoms with van der Waals surface area (Å²) < 4.78 is 5.17. The molecule has 0 aromatic heterocycles. The molecule has 0 spiro atoms. The molecule has 1 N–H and O–H groups in total. The number of rotatable bonds is 1. The van der Waals surface area contributed by atoms with Gasteiger partial charge in [0.05, 0.1) is 12.0 Å². The number of aliphatic carboxylic acids is 1. The summed E-state index contributed by atoms with van der Waals surface area (Å²) in [6.45, 7) is 2.53. The zero-order valence-corrected chi connectivity index (χ0v) is 6.04.